The van der Waals surface area contributed by atoms with Crippen LogP contribution in [0, 0.1) is 16.7 Å². The van der Waals surface area contributed by atoms with Gasteiger partial charge in [0.2, 0.25) is 5.91 Å². The van der Waals surface area contributed by atoms with E-state index in [1.54, 1.807) is 24.3 Å². The van der Waals surface area contributed by atoms with Crippen molar-refractivity contribution in [2.75, 3.05) is 5.32 Å². The molecule has 0 unspecified atom stereocenters. The standard InChI is InChI=1S/C24H30F3N3O/c1-22(2)20(23(22,3)4)21(31)29-15-11-9-14(10-12-15)28-18-13-19(24(25,26)27)30-17-8-6-5-7-16(17)18/h5-8,13-15,20H,9-12H2,1-4H3,(H,28,30)(H,29,31)/t14-,15+. The average molecular weight is 434 g/mol. The predicted molar refractivity (Wildman–Crippen MR) is 116 cm³/mol. The fourth-order valence-corrected chi connectivity index (χ4v) is 5.18. The summed E-state index contributed by atoms with van der Waals surface area (Å²) in [5.74, 6) is 0.154. The van der Waals surface area contributed by atoms with Crippen LogP contribution in [0.15, 0.2) is 30.3 Å². The summed E-state index contributed by atoms with van der Waals surface area (Å²) in [4.78, 5) is 16.5. The molecule has 7 heteroatoms. The lowest BCUT2D eigenvalue weighted by molar-refractivity contribution is -0.140. The Hall–Kier alpha value is -2.31. The minimum absolute atomic E-state index is 0.00837. The fourth-order valence-electron chi connectivity index (χ4n) is 5.18. The summed E-state index contributed by atoms with van der Waals surface area (Å²) >= 11 is 0. The number of carbonyl (C=O) groups excluding carboxylic acids is 1. The number of rotatable bonds is 4. The fraction of sp³-hybridized carbons (Fsp3) is 0.583. The quantitative estimate of drug-likeness (QED) is 0.643. The smallest absolute Gasteiger partial charge is 0.382 e. The van der Waals surface area contributed by atoms with E-state index in [0.717, 1.165) is 31.7 Å². The number of amides is 1. The first-order valence-electron chi connectivity index (χ1n) is 10.9. The van der Waals surface area contributed by atoms with Crippen molar-refractivity contribution in [2.24, 2.45) is 16.7 Å². The van der Waals surface area contributed by atoms with E-state index in [-0.39, 0.29) is 34.7 Å². The van der Waals surface area contributed by atoms with Gasteiger partial charge in [0, 0.05) is 29.1 Å². The van der Waals surface area contributed by atoms with Crippen molar-refractivity contribution in [3.63, 3.8) is 0 Å². The van der Waals surface area contributed by atoms with Crippen LogP contribution in [-0.2, 0) is 11.0 Å². The van der Waals surface area contributed by atoms with Crippen LogP contribution in [0.25, 0.3) is 10.9 Å². The number of hydrogen-bond donors (Lipinski definition) is 2. The number of pyridine rings is 1. The second-order valence-electron chi connectivity index (χ2n) is 10.1. The van der Waals surface area contributed by atoms with Crippen LogP contribution in [0.3, 0.4) is 0 Å². The lowest BCUT2D eigenvalue weighted by atomic mass is 9.90. The van der Waals surface area contributed by atoms with Crippen LogP contribution in [0.1, 0.15) is 59.1 Å². The molecule has 31 heavy (non-hydrogen) atoms. The third kappa shape index (κ3) is 3.99. The van der Waals surface area contributed by atoms with Gasteiger partial charge in [0.15, 0.2) is 0 Å². The molecule has 0 atom stereocenters. The molecule has 1 aromatic carbocycles. The molecule has 2 aromatic rings. The molecule has 1 heterocycles. The van der Waals surface area contributed by atoms with Gasteiger partial charge in [0.1, 0.15) is 5.69 Å². The molecule has 0 radical (unpaired) electrons. The highest BCUT2D eigenvalue weighted by molar-refractivity contribution is 5.91. The average Bonchev–Trinajstić information content (AvgIpc) is 3.11. The molecule has 2 saturated carbocycles. The normalized spacial score (nSPS) is 25.3. The van der Waals surface area contributed by atoms with E-state index in [1.165, 1.54) is 0 Å². The highest BCUT2D eigenvalue weighted by Crippen LogP contribution is 2.68. The van der Waals surface area contributed by atoms with E-state index < -0.39 is 11.9 Å². The van der Waals surface area contributed by atoms with Crippen LogP contribution >= 0.6 is 0 Å². The molecule has 2 aliphatic rings. The number of hydrogen-bond acceptors (Lipinski definition) is 3. The zero-order chi connectivity index (χ0) is 22.6. The zero-order valence-electron chi connectivity index (χ0n) is 18.4. The molecule has 1 amide bonds. The molecule has 2 fully saturated rings. The Bertz CT molecular complexity index is 977. The summed E-state index contributed by atoms with van der Waals surface area (Å²) in [6.45, 7) is 8.53. The van der Waals surface area contributed by atoms with Gasteiger partial charge in [-0.3, -0.25) is 4.79 Å². The number of anilines is 1. The number of aromatic nitrogens is 1. The van der Waals surface area contributed by atoms with Crippen LogP contribution in [0.2, 0.25) is 0 Å². The minimum Gasteiger partial charge on any atom is -0.382 e. The molecule has 4 nitrogen and oxygen atoms in total. The van der Waals surface area contributed by atoms with E-state index in [9.17, 15) is 18.0 Å². The van der Waals surface area contributed by atoms with Gasteiger partial charge in [-0.1, -0.05) is 45.9 Å². The second-order valence-corrected chi connectivity index (χ2v) is 10.1. The Morgan fingerprint density at radius 3 is 2.16 bits per heavy atom. The van der Waals surface area contributed by atoms with Crippen molar-refractivity contribution >= 4 is 22.5 Å². The summed E-state index contributed by atoms with van der Waals surface area (Å²) in [5, 5.41) is 7.21. The van der Waals surface area contributed by atoms with Gasteiger partial charge in [-0.15, -0.1) is 0 Å². The van der Waals surface area contributed by atoms with Crippen molar-refractivity contribution in [1.82, 2.24) is 10.3 Å². The van der Waals surface area contributed by atoms with Gasteiger partial charge in [0.05, 0.1) is 5.52 Å². The molecule has 4 rings (SSSR count). The molecule has 0 aliphatic heterocycles. The number of para-hydroxylation sites is 1. The Kier molecular flexibility index (Phi) is 5.22. The van der Waals surface area contributed by atoms with Gasteiger partial charge in [-0.05, 0) is 48.6 Å². The van der Waals surface area contributed by atoms with Crippen molar-refractivity contribution in [2.45, 2.75) is 71.6 Å². The summed E-state index contributed by atoms with van der Waals surface area (Å²) in [5.41, 5.74) is -0.0743. The first-order valence-corrected chi connectivity index (χ1v) is 10.9. The highest BCUT2D eigenvalue weighted by Gasteiger charge is 2.68. The Labute approximate surface area is 181 Å². The van der Waals surface area contributed by atoms with Gasteiger partial charge < -0.3 is 10.6 Å². The Morgan fingerprint density at radius 1 is 1.00 bits per heavy atom. The maximum atomic E-state index is 13.3. The third-order valence-electron chi connectivity index (χ3n) is 7.72. The van der Waals surface area contributed by atoms with Crippen LogP contribution in [-0.4, -0.2) is 23.0 Å². The van der Waals surface area contributed by atoms with E-state index >= 15 is 0 Å². The molecule has 0 spiro atoms. The lowest BCUT2D eigenvalue weighted by Gasteiger charge is -2.31. The monoisotopic (exact) mass is 433 g/mol. The van der Waals surface area contributed by atoms with Crippen LogP contribution in [0.5, 0.6) is 0 Å². The van der Waals surface area contributed by atoms with Crippen molar-refractivity contribution in [3.8, 4) is 0 Å². The van der Waals surface area contributed by atoms with Gasteiger partial charge in [0.25, 0.3) is 0 Å². The van der Waals surface area contributed by atoms with E-state index in [2.05, 4.69) is 43.3 Å². The Morgan fingerprint density at radius 2 is 1.58 bits per heavy atom. The first kappa shape index (κ1) is 21.9. The summed E-state index contributed by atoms with van der Waals surface area (Å²) in [6, 6.07) is 8.17. The van der Waals surface area contributed by atoms with E-state index in [0.29, 0.717) is 16.6 Å². The van der Waals surface area contributed by atoms with Crippen LogP contribution in [0.4, 0.5) is 18.9 Å². The molecule has 0 bridgehead atoms. The maximum Gasteiger partial charge on any atom is 0.433 e. The van der Waals surface area contributed by atoms with Gasteiger partial charge in [-0.2, -0.15) is 13.2 Å². The molecule has 2 N–H and O–H groups in total. The molecule has 0 saturated heterocycles. The van der Waals surface area contributed by atoms with Gasteiger partial charge >= 0.3 is 6.18 Å². The second kappa shape index (κ2) is 7.38. The number of alkyl halides is 3. The number of nitrogens with zero attached hydrogens (tertiary/aromatic N) is 1. The molecule has 2 aliphatic carbocycles. The van der Waals surface area contributed by atoms with Crippen LogP contribution < -0.4 is 10.6 Å². The van der Waals surface area contributed by atoms with Crippen molar-refractivity contribution in [1.29, 1.82) is 0 Å². The number of fused-ring (bicyclic) bond motifs is 1. The summed E-state index contributed by atoms with van der Waals surface area (Å²) in [6.07, 6.45) is -1.29. The molecule has 168 valence electrons. The maximum absolute atomic E-state index is 13.3. The molecular formula is C24H30F3N3O. The number of carbonyl (C=O) groups is 1. The summed E-state index contributed by atoms with van der Waals surface area (Å²) in [7, 11) is 0. The largest absolute Gasteiger partial charge is 0.433 e. The number of nitrogens with one attached hydrogen (secondary N) is 2. The molecular weight excluding hydrogens is 403 g/mol. The lowest BCUT2D eigenvalue weighted by Crippen LogP contribution is -2.41. The number of benzene rings is 1. The van der Waals surface area contributed by atoms with E-state index in [1.807, 2.05) is 0 Å². The highest BCUT2D eigenvalue weighted by atomic mass is 19.4. The SMILES string of the molecule is CC1(C)C(C(=O)N[C@H]2CC[C@@H](Nc3cc(C(F)(F)F)nc4ccccc34)CC2)C1(C)C. The van der Waals surface area contributed by atoms with E-state index in [4.69, 9.17) is 0 Å². The summed E-state index contributed by atoms with van der Waals surface area (Å²) < 4.78 is 39.9. The third-order valence-corrected chi connectivity index (χ3v) is 7.72. The predicted octanol–water partition coefficient (Wildman–Crippen LogP) is 5.78. The Balaban J connectivity index is 1.40. The van der Waals surface area contributed by atoms with Gasteiger partial charge in [-0.25, -0.2) is 4.98 Å². The minimum atomic E-state index is -4.49. The zero-order valence-corrected chi connectivity index (χ0v) is 18.4. The number of halogens is 3. The first-order chi connectivity index (χ1) is 14.4. The van der Waals surface area contributed by atoms with Crippen molar-refractivity contribution in [3.05, 3.63) is 36.0 Å². The van der Waals surface area contributed by atoms with Crippen molar-refractivity contribution < 1.29 is 18.0 Å². The topological polar surface area (TPSA) is 54.0 Å². The molecule has 1 aromatic heterocycles.